The normalized spacial score (nSPS) is 24.1. The van der Waals surface area contributed by atoms with Crippen molar-refractivity contribution >= 4 is 11.9 Å². The molecule has 3 aliphatic heterocycles. The zero-order valence-corrected chi connectivity index (χ0v) is 19.0. The van der Waals surface area contributed by atoms with Gasteiger partial charge in [0, 0.05) is 17.3 Å². The molecule has 0 saturated carbocycles. The summed E-state index contributed by atoms with van der Waals surface area (Å²) in [7, 11) is 1.59. The number of rotatable bonds is 6. The van der Waals surface area contributed by atoms with Crippen LogP contribution in [0.4, 0.5) is 5.95 Å². The second-order valence-corrected chi connectivity index (χ2v) is 8.49. The minimum Gasteiger partial charge on any atom is -0.497 e. The summed E-state index contributed by atoms with van der Waals surface area (Å²) in [6, 6.07) is 14.1. The standard InChI is InChI=1S/C25H24N4O6/c1-31-16-5-2-14(3-6-16)24(30)27-18-11-32-23-19(12-33-22(18)23)29-25-26-9-8-17(28-25)15-4-7-20-21(10-15)35-13-34-20/h2-10,18-19,22-23H,11-13H2,1H3,(H,27,30)(H,26,28,29)/t18-,19+,22-,23+/m1/s1. The summed E-state index contributed by atoms with van der Waals surface area (Å²) in [5.41, 5.74) is 2.21. The molecule has 2 aromatic carbocycles. The Hall–Kier alpha value is -3.89. The van der Waals surface area contributed by atoms with Crippen LogP contribution < -0.4 is 24.8 Å². The largest absolute Gasteiger partial charge is 0.497 e. The number of benzene rings is 2. The number of carbonyl (C=O) groups excluding carboxylic acids is 1. The van der Waals surface area contributed by atoms with Crippen molar-refractivity contribution in [3.8, 4) is 28.5 Å². The van der Waals surface area contributed by atoms with E-state index in [0.717, 1.165) is 17.0 Å². The van der Waals surface area contributed by atoms with Gasteiger partial charge in [-0.15, -0.1) is 0 Å². The summed E-state index contributed by atoms with van der Waals surface area (Å²) in [5.74, 6) is 2.42. The van der Waals surface area contributed by atoms with Crippen LogP contribution in [0, 0.1) is 0 Å². The first kappa shape index (κ1) is 21.6. The topological polar surface area (TPSA) is 113 Å². The highest BCUT2D eigenvalue weighted by Gasteiger charge is 2.48. The summed E-state index contributed by atoms with van der Waals surface area (Å²) >= 11 is 0. The average Bonchev–Trinajstić information content (AvgIpc) is 3.62. The summed E-state index contributed by atoms with van der Waals surface area (Å²) in [4.78, 5) is 21.7. The predicted molar refractivity (Wildman–Crippen MR) is 125 cm³/mol. The third-order valence-electron chi connectivity index (χ3n) is 6.36. The zero-order chi connectivity index (χ0) is 23.8. The van der Waals surface area contributed by atoms with Gasteiger partial charge in [-0.1, -0.05) is 0 Å². The molecule has 4 heterocycles. The van der Waals surface area contributed by atoms with Gasteiger partial charge in [0.1, 0.15) is 18.0 Å². The Morgan fingerprint density at radius 2 is 1.74 bits per heavy atom. The first-order chi connectivity index (χ1) is 17.2. The maximum Gasteiger partial charge on any atom is 0.251 e. The molecule has 0 spiro atoms. The Kier molecular flexibility index (Phi) is 5.59. The molecule has 2 saturated heterocycles. The van der Waals surface area contributed by atoms with Crippen molar-refractivity contribution in [3.05, 3.63) is 60.3 Å². The number of amides is 1. The lowest BCUT2D eigenvalue weighted by Gasteiger charge is -2.18. The third kappa shape index (κ3) is 4.22. The molecule has 3 aromatic rings. The van der Waals surface area contributed by atoms with Crippen molar-refractivity contribution < 1.29 is 28.5 Å². The number of nitrogens with one attached hydrogen (secondary N) is 2. The van der Waals surface area contributed by atoms with Crippen LogP contribution in [0.1, 0.15) is 10.4 Å². The van der Waals surface area contributed by atoms with E-state index >= 15 is 0 Å². The van der Waals surface area contributed by atoms with Crippen LogP contribution in [0.5, 0.6) is 17.2 Å². The van der Waals surface area contributed by atoms with Gasteiger partial charge in [0.05, 0.1) is 38.1 Å². The predicted octanol–water partition coefficient (Wildman–Crippen LogP) is 2.26. The number of anilines is 1. The Morgan fingerprint density at radius 3 is 2.57 bits per heavy atom. The molecule has 0 bridgehead atoms. The fraction of sp³-hybridized carbons (Fsp3) is 0.320. The third-order valence-corrected chi connectivity index (χ3v) is 6.36. The second-order valence-electron chi connectivity index (χ2n) is 8.49. The summed E-state index contributed by atoms with van der Waals surface area (Å²) in [5, 5.41) is 6.37. The van der Waals surface area contributed by atoms with Gasteiger partial charge < -0.3 is 34.3 Å². The van der Waals surface area contributed by atoms with Crippen LogP contribution >= 0.6 is 0 Å². The van der Waals surface area contributed by atoms with Gasteiger partial charge in [0.2, 0.25) is 12.7 Å². The Bertz CT molecular complexity index is 1240. The van der Waals surface area contributed by atoms with E-state index in [1.165, 1.54) is 0 Å². The molecule has 1 amide bonds. The van der Waals surface area contributed by atoms with Crippen LogP contribution in [-0.2, 0) is 9.47 Å². The minimum absolute atomic E-state index is 0.144. The molecule has 180 valence electrons. The maximum atomic E-state index is 12.7. The number of ether oxygens (including phenoxy) is 5. The van der Waals surface area contributed by atoms with Gasteiger partial charge in [0.15, 0.2) is 11.5 Å². The molecule has 1 aromatic heterocycles. The number of nitrogens with zero attached hydrogens (tertiary/aromatic N) is 2. The van der Waals surface area contributed by atoms with E-state index in [1.807, 2.05) is 24.3 Å². The molecular weight excluding hydrogens is 452 g/mol. The van der Waals surface area contributed by atoms with Crippen molar-refractivity contribution in [2.45, 2.75) is 24.3 Å². The van der Waals surface area contributed by atoms with E-state index in [4.69, 9.17) is 23.7 Å². The average molecular weight is 476 g/mol. The fourth-order valence-corrected chi connectivity index (χ4v) is 4.55. The molecule has 2 N–H and O–H groups in total. The Balaban J connectivity index is 1.10. The van der Waals surface area contributed by atoms with E-state index in [0.29, 0.717) is 36.2 Å². The maximum absolute atomic E-state index is 12.7. The van der Waals surface area contributed by atoms with Gasteiger partial charge in [-0.05, 0) is 48.5 Å². The van der Waals surface area contributed by atoms with Gasteiger partial charge in [-0.25, -0.2) is 9.97 Å². The van der Waals surface area contributed by atoms with Crippen LogP contribution in [0.25, 0.3) is 11.3 Å². The molecule has 4 atom stereocenters. The van der Waals surface area contributed by atoms with E-state index in [-0.39, 0.29) is 37.0 Å². The first-order valence-electron chi connectivity index (χ1n) is 11.4. The number of hydrogen-bond acceptors (Lipinski definition) is 9. The monoisotopic (exact) mass is 476 g/mol. The highest BCUT2D eigenvalue weighted by atomic mass is 16.7. The Labute approximate surface area is 201 Å². The molecule has 6 rings (SSSR count). The molecular formula is C25H24N4O6. The van der Waals surface area contributed by atoms with Gasteiger partial charge in [-0.2, -0.15) is 0 Å². The molecule has 0 aliphatic carbocycles. The molecule has 3 aliphatic rings. The highest BCUT2D eigenvalue weighted by Crippen LogP contribution is 2.35. The van der Waals surface area contributed by atoms with E-state index < -0.39 is 0 Å². The van der Waals surface area contributed by atoms with E-state index in [1.54, 1.807) is 37.6 Å². The van der Waals surface area contributed by atoms with Crippen molar-refractivity contribution in [2.75, 3.05) is 32.4 Å². The van der Waals surface area contributed by atoms with E-state index in [9.17, 15) is 4.79 Å². The van der Waals surface area contributed by atoms with Crippen LogP contribution in [0.3, 0.4) is 0 Å². The van der Waals surface area contributed by atoms with Crippen LogP contribution in [-0.4, -0.2) is 67.3 Å². The second kappa shape index (κ2) is 9.05. The summed E-state index contributed by atoms with van der Waals surface area (Å²) in [6.07, 6.45) is 1.22. The number of methoxy groups -OCH3 is 1. The van der Waals surface area contributed by atoms with Crippen molar-refractivity contribution in [3.63, 3.8) is 0 Å². The molecule has 10 nitrogen and oxygen atoms in total. The fourth-order valence-electron chi connectivity index (χ4n) is 4.55. The first-order valence-corrected chi connectivity index (χ1v) is 11.4. The lowest BCUT2D eigenvalue weighted by molar-refractivity contribution is 0.0652. The number of hydrogen-bond donors (Lipinski definition) is 2. The quantitative estimate of drug-likeness (QED) is 0.553. The van der Waals surface area contributed by atoms with Crippen molar-refractivity contribution in [2.24, 2.45) is 0 Å². The number of aromatic nitrogens is 2. The van der Waals surface area contributed by atoms with Gasteiger partial charge in [-0.3, -0.25) is 4.79 Å². The number of fused-ring (bicyclic) bond motifs is 2. The minimum atomic E-state index is -0.258. The lowest BCUT2D eigenvalue weighted by atomic mass is 10.1. The van der Waals surface area contributed by atoms with Crippen molar-refractivity contribution in [1.29, 1.82) is 0 Å². The Morgan fingerprint density at radius 1 is 0.971 bits per heavy atom. The number of carbonyl (C=O) groups is 1. The summed E-state index contributed by atoms with van der Waals surface area (Å²) < 4.78 is 28.0. The summed E-state index contributed by atoms with van der Waals surface area (Å²) in [6.45, 7) is 1.01. The van der Waals surface area contributed by atoms with Gasteiger partial charge in [0.25, 0.3) is 5.91 Å². The molecule has 0 radical (unpaired) electrons. The zero-order valence-electron chi connectivity index (χ0n) is 19.0. The smallest absolute Gasteiger partial charge is 0.251 e. The van der Waals surface area contributed by atoms with Crippen LogP contribution in [0.15, 0.2) is 54.7 Å². The van der Waals surface area contributed by atoms with Crippen molar-refractivity contribution in [1.82, 2.24) is 15.3 Å². The van der Waals surface area contributed by atoms with Crippen LogP contribution in [0.2, 0.25) is 0 Å². The molecule has 35 heavy (non-hydrogen) atoms. The van der Waals surface area contributed by atoms with E-state index in [2.05, 4.69) is 20.6 Å². The molecule has 2 fully saturated rings. The molecule has 0 unspecified atom stereocenters. The lowest BCUT2D eigenvalue weighted by Crippen LogP contribution is -2.44. The van der Waals surface area contributed by atoms with Gasteiger partial charge >= 0.3 is 0 Å². The SMILES string of the molecule is COc1ccc(C(=O)N[C@@H]2CO[C@@H]3[C@@H]2OC[C@@H]3Nc2nccc(-c3ccc4c(c3)OCO4)n2)cc1. The molecule has 10 heteroatoms. The highest BCUT2D eigenvalue weighted by molar-refractivity contribution is 5.94.